The molecule has 0 fully saturated rings. The van der Waals surface area contributed by atoms with E-state index in [1.54, 1.807) is 24.0 Å². The van der Waals surface area contributed by atoms with Gasteiger partial charge in [0, 0.05) is 23.2 Å². The van der Waals surface area contributed by atoms with Gasteiger partial charge in [0.15, 0.2) is 0 Å². The molecular weight excluding hydrogens is 350 g/mol. The molecule has 0 aliphatic carbocycles. The standard InChI is InChI=1S/C18H13N5O2S/c24-23(25)14-8-9-17(20-11-14)21-22-15-7-4-10-19-18(15)26-12-16(22)13-5-2-1-3-6-13/h1-12H,(H,20,21). The Balaban J connectivity index is 1.72. The number of nitrogens with zero attached hydrogens (tertiary/aromatic N) is 4. The van der Waals surface area contributed by atoms with E-state index in [-0.39, 0.29) is 5.69 Å². The molecule has 0 bridgehead atoms. The number of nitrogens with one attached hydrogen (secondary N) is 1. The molecule has 7 nitrogen and oxygen atoms in total. The molecule has 0 unspecified atom stereocenters. The Hall–Kier alpha value is -3.39. The maximum Gasteiger partial charge on any atom is 0.287 e. The van der Waals surface area contributed by atoms with E-state index in [4.69, 9.17) is 0 Å². The number of rotatable bonds is 4. The lowest BCUT2D eigenvalue weighted by Crippen LogP contribution is -2.30. The quantitative estimate of drug-likeness (QED) is 0.546. The first-order chi connectivity index (χ1) is 12.7. The highest BCUT2D eigenvalue weighted by molar-refractivity contribution is 8.02. The van der Waals surface area contributed by atoms with Crippen molar-refractivity contribution in [3.8, 4) is 0 Å². The zero-order valence-electron chi connectivity index (χ0n) is 13.4. The van der Waals surface area contributed by atoms with E-state index in [2.05, 4.69) is 15.4 Å². The van der Waals surface area contributed by atoms with Gasteiger partial charge in [-0.15, -0.1) is 0 Å². The summed E-state index contributed by atoms with van der Waals surface area (Å²) in [5, 5.41) is 15.6. The molecule has 1 aromatic carbocycles. The van der Waals surface area contributed by atoms with Crippen LogP contribution in [-0.2, 0) is 0 Å². The monoisotopic (exact) mass is 363 g/mol. The molecular formula is C18H13N5O2S. The molecule has 2 aromatic heterocycles. The summed E-state index contributed by atoms with van der Waals surface area (Å²) in [7, 11) is 0. The molecule has 0 atom stereocenters. The average Bonchev–Trinajstić information content (AvgIpc) is 2.69. The first-order valence-electron chi connectivity index (χ1n) is 7.77. The van der Waals surface area contributed by atoms with Crippen LogP contribution in [0.5, 0.6) is 0 Å². The van der Waals surface area contributed by atoms with Crippen molar-refractivity contribution in [2.45, 2.75) is 5.03 Å². The van der Waals surface area contributed by atoms with Crippen LogP contribution in [0.25, 0.3) is 5.70 Å². The molecule has 1 aliphatic heterocycles. The molecule has 3 heterocycles. The van der Waals surface area contributed by atoms with E-state index in [1.807, 2.05) is 52.9 Å². The Bertz CT molecular complexity index is 976. The minimum absolute atomic E-state index is 0.0503. The van der Waals surface area contributed by atoms with E-state index in [0.29, 0.717) is 5.82 Å². The number of hydrogen-bond donors (Lipinski definition) is 1. The Labute approximate surface area is 153 Å². The van der Waals surface area contributed by atoms with E-state index in [9.17, 15) is 10.1 Å². The fraction of sp³-hybridized carbons (Fsp3) is 0. The van der Waals surface area contributed by atoms with Crippen molar-refractivity contribution in [1.29, 1.82) is 0 Å². The summed E-state index contributed by atoms with van der Waals surface area (Å²) in [4.78, 5) is 18.9. The second-order valence-electron chi connectivity index (χ2n) is 5.42. The lowest BCUT2D eigenvalue weighted by Gasteiger charge is -2.32. The number of aromatic nitrogens is 2. The SMILES string of the molecule is O=[N+]([O-])c1ccc(NN2C(c3ccccc3)=CSc3ncccc32)nc1. The Morgan fingerprint density at radius 3 is 2.62 bits per heavy atom. The van der Waals surface area contributed by atoms with Gasteiger partial charge in [-0.05, 0) is 18.2 Å². The fourth-order valence-corrected chi connectivity index (χ4v) is 3.41. The molecule has 0 spiro atoms. The minimum Gasteiger partial charge on any atom is -0.277 e. The molecule has 1 aliphatic rings. The van der Waals surface area contributed by atoms with Crippen LogP contribution in [0.4, 0.5) is 17.2 Å². The summed E-state index contributed by atoms with van der Waals surface area (Å²) in [6.45, 7) is 0. The third-order valence-corrected chi connectivity index (χ3v) is 4.65. The van der Waals surface area contributed by atoms with Crippen LogP contribution in [0.1, 0.15) is 5.56 Å². The van der Waals surface area contributed by atoms with Crippen molar-refractivity contribution >= 4 is 34.7 Å². The number of benzene rings is 1. The lowest BCUT2D eigenvalue weighted by molar-refractivity contribution is -0.385. The van der Waals surface area contributed by atoms with Crippen LogP contribution >= 0.6 is 11.8 Å². The predicted molar refractivity (Wildman–Crippen MR) is 102 cm³/mol. The van der Waals surface area contributed by atoms with Crippen molar-refractivity contribution in [2.24, 2.45) is 0 Å². The molecule has 0 amide bonds. The normalized spacial score (nSPS) is 12.9. The smallest absolute Gasteiger partial charge is 0.277 e. The molecule has 0 saturated carbocycles. The molecule has 0 saturated heterocycles. The van der Waals surface area contributed by atoms with Gasteiger partial charge in [-0.25, -0.2) is 9.97 Å². The van der Waals surface area contributed by atoms with Crippen molar-refractivity contribution in [1.82, 2.24) is 9.97 Å². The number of thioether (sulfide) groups is 1. The maximum absolute atomic E-state index is 10.8. The van der Waals surface area contributed by atoms with Crippen LogP contribution in [-0.4, -0.2) is 14.9 Å². The van der Waals surface area contributed by atoms with Crippen LogP contribution in [0.15, 0.2) is 77.4 Å². The summed E-state index contributed by atoms with van der Waals surface area (Å²) in [5.41, 5.74) is 6.04. The number of pyridine rings is 2. The predicted octanol–water partition coefficient (Wildman–Crippen LogP) is 4.32. The second-order valence-corrected chi connectivity index (χ2v) is 6.28. The van der Waals surface area contributed by atoms with Gasteiger partial charge >= 0.3 is 0 Å². The number of hydrazine groups is 1. The first kappa shape index (κ1) is 16.1. The Morgan fingerprint density at radius 1 is 1.04 bits per heavy atom. The highest BCUT2D eigenvalue weighted by Crippen LogP contribution is 2.40. The maximum atomic E-state index is 10.8. The summed E-state index contributed by atoms with van der Waals surface area (Å²) >= 11 is 1.55. The van der Waals surface area contributed by atoms with Crippen molar-refractivity contribution in [3.63, 3.8) is 0 Å². The molecule has 0 radical (unpaired) electrons. The number of hydrogen-bond acceptors (Lipinski definition) is 7. The molecule has 8 heteroatoms. The van der Waals surface area contributed by atoms with Crippen LogP contribution in [0.3, 0.4) is 0 Å². The fourth-order valence-electron chi connectivity index (χ4n) is 2.54. The highest BCUT2D eigenvalue weighted by atomic mass is 32.2. The third kappa shape index (κ3) is 3.09. The van der Waals surface area contributed by atoms with Gasteiger partial charge in [-0.2, -0.15) is 0 Å². The highest BCUT2D eigenvalue weighted by Gasteiger charge is 2.23. The van der Waals surface area contributed by atoms with Gasteiger partial charge in [0.2, 0.25) is 0 Å². The molecule has 128 valence electrons. The first-order valence-corrected chi connectivity index (χ1v) is 8.65. The second kappa shape index (κ2) is 6.85. The van der Waals surface area contributed by atoms with Crippen molar-refractivity contribution in [2.75, 3.05) is 10.4 Å². The van der Waals surface area contributed by atoms with E-state index in [0.717, 1.165) is 22.0 Å². The van der Waals surface area contributed by atoms with Crippen LogP contribution in [0, 0.1) is 10.1 Å². The molecule has 4 rings (SSSR count). The van der Waals surface area contributed by atoms with Gasteiger partial charge in [0.1, 0.15) is 17.0 Å². The van der Waals surface area contributed by atoms with Gasteiger partial charge in [0.05, 0.1) is 16.3 Å². The van der Waals surface area contributed by atoms with E-state index >= 15 is 0 Å². The summed E-state index contributed by atoms with van der Waals surface area (Å²) in [6, 6.07) is 16.8. The molecule has 26 heavy (non-hydrogen) atoms. The molecule has 3 aromatic rings. The lowest BCUT2D eigenvalue weighted by atomic mass is 10.1. The van der Waals surface area contributed by atoms with Gasteiger partial charge in [-0.3, -0.25) is 20.5 Å². The van der Waals surface area contributed by atoms with Crippen molar-refractivity contribution in [3.05, 3.63) is 88.1 Å². The van der Waals surface area contributed by atoms with Gasteiger partial charge in [0.25, 0.3) is 5.69 Å². The number of fused-ring (bicyclic) bond motifs is 1. The Morgan fingerprint density at radius 2 is 1.88 bits per heavy atom. The summed E-state index contributed by atoms with van der Waals surface area (Å²) < 4.78 is 0. The Kier molecular flexibility index (Phi) is 4.24. The zero-order valence-corrected chi connectivity index (χ0v) is 14.3. The number of anilines is 2. The topological polar surface area (TPSA) is 84.2 Å². The van der Waals surface area contributed by atoms with Gasteiger partial charge < -0.3 is 0 Å². The van der Waals surface area contributed by atoms with E-state index in [1.165, 1.54) is 12.3 Å². The largest absolute Gasteiger partial charge is 0.287 e. The zero-order chi connectivity index (χ0) is 17.9. The van der Waals surface area contributed by atoms with Gasteiger partial charge in [-0.1, -0.05) is 42.1 Å². The molecule has 1 N–H and O–H groups in total. The average molecular weight is 363 g/mol. The minimum atomic E-state index is -0.469. The van der Waals surface area contributed by atoms with Crippen molar-refractivity contribution < 1.29 is 4.92 Å². The van der Waals surface area contributed by atoms with E-state index < -0.39 is 4.92 Å². The third-order valence-electron chi connectivity index (χ3n) is 3.77. The number of nitro groups is 1. The summed E-state index contributed by atoms with van der Waals surface area (Å²) in [6.07, 6.45) is 2.98. The van der Waals surface area contributed by atoms with Crippen LogP contribution in [0.2, 0.25) is 0 Å². The van der Waals surface area contributed by atoms with Crippen LogP contribution < -0.4 is 10.4 Å². The summed E-state index contributed by atoms with van der Waals surface area (Å²) in [5.74, 6) is 0.499.